The maximum Gasteiger partial charge on any atom is 0.0264 e. The van der Waals surface area contributed by atoms with Crippen molar-refractivity contribution < 1.29 is 0 Å². The predicted molar refractivity (Wildman–Crippen MR) is 119 cm³/mol. The van der Waals surface area contributed by atoms with E-state index in [0.717, 1.165) is 32.2 Å². The number of hydrogen-bond acceptors (Lipinski definition) is 2. The molecule has 0 heterocycles. The zero-order valence-electron chi connectivity index (χ0n) is 18.7. The summed E-state index contributed by atoms with van der Waals surface area (Å²) in [7, 11) is 0. The molecule has 0 amide bonds. The Kier molecular flexibility index (Phi) is 13.4. The van der Waals surface area contributed by atoms with Crippen molar-refractivity contribution in [3.05, 3.63) is 46.6 Å². The van der Waals surface area contributed by atoms with Gasteiger partial charge in [-0.2, -0.15) is 0 Å². The Morgan fingerprint density at radius 1 is 0.808 bits per heavy atom. The van der Waals surface area contributed by atoms with Crippen molar-refractivity contribution in [1.82, 2.24) is 5.32 Å². The molecule has 0 radical (unpaired) electrons. The van der Waals surface area contributed by atoms with E-state index in [4.69, 9.17) is 5.73 Å². The van der Waals surface area contributed by atoms with Crippen molar-refractivity contribution in [3.8, 4) is 0 Å². The normalized spacial score (nSPS) is 16.0. The average molecular weight is 361 g/mol. The van der Waals surface area contributed by atoms with E-state index in [1.807, 2.05) is 0 Å². The zero-order valence-corrected chi connectivity index (χ0v) is 18.7. The van der Waals surface area contributed by atoms with Crippen molar-refractivity contribution in [2.75, 3.05) is 6.54 Å². The zero-order chi connectivity index (χ0) is 20.1. The number of rotatable bonds is 12. The molecular weight excluding hydrogens is 316 g/mol. The lowest BCUT2D eigenvalue weighted by molar-refractivity contribution is 0.455. The molecule has 0 aliphatic heterocycles. The third-order valence-electron chi connectivity index (χ3n) is 4.61. The summed E-state index contributed by atoms with van der Waals surface area (Å²) in [6, 6.07) is 0.503. The van der Waals surface area contributed by atoms with Crippen LogP contribution in [0, 0.1) is 5.92 Å². The summed E-state index contributed by atoms with van der Waals surface area (Å²) in [6.45, 7) is 18.4. The Labute approximate surface area is 163 Å². The molecule has 2 nitrogen and oxygen atoms in total. The van der Waals surface area contributed by atoms with Crippen LogP contribution >= 0.6 is 0 Å². The van der Waals surface area contributed by atoms with Gasteiger partial charge in [-0.1, -0.05) is 53.5 Å². The Balaban J connectivity index is 4.30. The van der Waals surface area contributed by atoms with Crippen LogP contribution < -0.4 is 11.1 Å². The lowest BCUT2D eigenvalue weighted by atomic mass is 9.98. The standard InChI is InChI=1S/C24H44N2/c1-18(2)11-9-13-20(5)15-23(8)26-17-22(7)24(25)16-21(6)14-10-12-19(3)4/h11-12,15-16,22-24,26H,9-10,13-14,17,25H2,1-8H3. The lowest BCUT2D eigenvalue weighted by Crippen LogP contribution is -2.37. The fraction of sp³-hybridized carbons (Fsp3) is 0.667. The number of hydrogen-bond donors (Lipinski definition) is 2. The van der Waals surface area contributed by atoms with Crippen molar-refractivity contribution in [2.24, 2.45) is 11.7 Å². The molecule has 150 valence electrons. The smallest absolute Gasteiger partial charge is 0.0264 e. The minimum absolute atomic E-state index is 0.115. The number of nitrogens with one attached hydrogen (secondary N) is 1. The van der Waals surface area contributed by atoms with Gasteiger partial charge in [0.1, 0.15) is 0 Å². The second-order valence-electron chi connectivity index (χ2n) is 8.42. The second-order valence-corrected chi connectivity index (χ2v) is 8.42. The van der Waals surface area contributed by atoms with Crippen molar-refractivity contribution in [1.29, 1.82) is 0 Å². The summed E-state index contributed by atoms with van der Waals surface area (Å²) in [4.78, 5) is 0. The minimum atomic E-state index is 0.115. The molecule has 0 aromatic carbocycles. The van der Waals surface area contributed by atoms with Crippen LogP contribution in [-0.2, 0) is 0 Å². The molecule has 0 aromatic rings. The first-order valence-electron chi connectivity index (χ1n) is 10.2. The van der Waals surface area contributed by atoms with E-state index in [0.29, 0.717) is 12.0 Å². The van der Waals surface area contributed by atoms with Gasteiger partial charge in [0.25, 0.3) is 0 Å². The Morgan fingerprint density at radius 2 is 1.27 bits per heavy atom. The summed E-state index contributed by atoms with van der Waals surface area (Å²) in [5.41, 5.74) is 12.0. The van der Waals surface area contributed by atoms with Gasteiger partial charge in [-0.25, -0.2) is 0 Å². The van der Waals surface area contributed by atoms with Gasteiger partial charge in [0.05, 0.1) is 0 Å². The summed E-state index contributed by atoms with van der Waals surface area (Å²) in [5.74, 6) is 0.426. The highest BCUT2D eigenvalue weighted by molar-refractivity contribution is 5.08. The molecule has 0 bridgehead atoms. The molecule has 0 aliphatic rings. The molecule has 26 heavy (non-hydrogen) atoms. The van der Waals surface area contributed by atoms with Crippen LogP contribution in [0.5, 0.6) is 0 Å². The van der Waals surface area contributed by atoms with E-state index in [2.05, 4.69) is 85.0 Å². The van der Waals surface area contributed by atoms with Crippen molar-refractivity contribution in [3.63, 3.8) is 0 Å². The van der Waals surface area contributed by atoms with Gasteiger partial charge in [0, 0.05) is 18.6 Å². The average Bonchev–Trinajstić information content (AvgIpc) is 2.51. The summed E-state index contributed by atoms with van der Waals surface area (Å²) >= 11 is 0. The van der Waals surface area contributed by atoms with Gasteiger partial charge in [0.15, 0.2) is 0 Å². The highest BCUT2D eigenvalue weighted by Gasteiger charge is 2.11. The third-order valence-corrected chi connectivity index (χ3v) is 4.61. The van der Waals surface area contributed by atoms with Crippen LogP contribution in [0.2, 0.25) is 0 Å². The number of allylic oxidation sites excluding steroid dienone is 6. The van der Waals surface area contributed by atoms with Gasteiger partial charge < -0.3 is 11.1 Å². The fourth-order valence-electron chi connectivity index (χ4n) is 2.83. The van der Waals surface area contributed by atoms with Gasteiger partial charge in [-0.05, 0) is 80.1 Å². The molecule has 0 saturated carbocycles. The van der Waals surface area contributed by atoms with Gasteiger partial charge in [-0.15, -0.1) is 0 Å². The highest BCUT2D eigenvalue weighted by atomic mass is 14.9. The predicted octanol–water partition coefficient (Wildman–Crippen LogP) is 6.31. The Hall–Kier alpha value is -1.12. The van der Waals surface area contributed by atoms with E-state index in [1.54, 1.807) is 0 Å². The molecule has 3 atom stereocenters. The fourth-order valence-corrected chi connectivity index (χ4v) is 2.83. The van der Waals surface area contributed by atoms with Gasteiger partial charge >= 0.3 is 0 Å². The quantitative estimate of drug-likeness (QED) is 0.400. The molecule has 0 rings (SSSR count). The molecule has 3 N–H and O–H groups in total. The molecule has 0 aliphatic carbocycles. The van der Waals surface area contributed by atoms with Gasteiger partial charge in [-0.3, -0.25) is 0 Å². The molecular formula is C24H44N2. The minimum Gasteiger partial charge on any atom is -0.324 e. The van der Waals surface area contributed by atoms with Crippen LogP contribution in [0.4, 0.5) is 0 Å². The van der Waals surface area contributed by atoms with E-state index >= 15 is 0 Å². The van der Waals surface area contributed by atoms with Crippen LogP contribution in [0.25, 0.3) is 0 Å². The largest absolute Gasteiger partial charge is 0.324 e. The second kappa shape index (κ2) is 14.0. The van der Waals surface area contributed by atoms with Crippen LogP contribution in [0.15, 0.2) is 46.6 Å². The maximum atomic E-state index is 6.38. The molecule has 3 unspecified atom stereocenters. The van der Waals surface area contributed by atoms with E-state index in [-0.39, 0.29) is 6.04 Å². The van der Waals surface area contributed by atoms with Gasteiger partial charge in [0.2, 0.25) is 0 Å². The van der Waals surface area contributed by atoms with Crippen LogP contribution in [0.3, 0.4) is 0 Å². The van der Waals surface area contributed by atoms with Crippen LogP contribution in [0.1, 0.15) is 81.1 Å². The van der Waals surface area contributed by atoms with E-state index in [9.17, 15) is 0 Å². The molecule has 0 saturated heterocycles. The Morgan fingerprint density at radius 3 is 1.73 bits per heavy atom. The van der Waals surface area contributed by atoms with Crippen molar-refractivity contribution >= 4 is 0 Å². The summed E-state index contributed by atoms with van der Waals surface area (Å²) in [5, 5.41) is 3.61. The molecule has 0 spiro atoms. The van der Waals surface area contributed by atoms with Crippen molar-refractivity contribution in [2.45, 2.75) is 93.2 Å². The maximum absolute atomic E-state index is 6.38. The first-order chi connectivity index (χ1) is 12.1. The summed E-state index contributed by atoms with van der Waals surface area (Å²) < 4.78 is 0. The topological polar surface area (TPSA) is 38.0 Å². The molecule has 0 fully saturated rings. The van der Waals surface area contributed by atoms with Crippen LogP contribution in [-0.4, -0.2) is 18.6 Å². The third kappa shape index (κ3) is 14.1. The molecule has 0 aromatic heterocycles. The first kappa shape index (κ1) is 24.9. The number of nitrogens with two attached hydrogens (primary N) is 1. The lowest BCUT2D eigenvalue weighted by Gasteiger charge is -2.20. The van der Waals surface area contributed by atoms with E-state index in [1.165, 1.54) is 22.3 Å². The Bertz CT molecular complexity index is 500. The first-order valence-corrected chi connectivity index (χ1v) is 10.2. The highest BCUT2D eigenvalue weighted by Crippen LogP contribution is 2.11. The molecule has 2 heteroatoms. The SMILES string of the molecule is CC(C)=CCCC(C)=CC(C)NCC(C)C(N)C=C(C)CCC=C(C)C. The van der Waals surface area contributed by atoms with E-state index < -0.39 is 0 Å². The monoisotopic (exact) mass is 360 g/mol. The summed E-state index contributed by atoms with van der Waals surface area (Å²) in [6.07, 6.45) is 13.7.